The van der Waals surface area contributed by atoms with Gasteiger partial charge in [-0.25, -0.2) is 8.78 Å². The molecule has 5 heterocycles. The van der Waals surface area contributed by atoms with Crippen molar-refractivity contribution in [1.29, 1.82) is 0 Å². The summed E-state index contributed by atoms with van der Waals surface area (Å²) >= 11 is 1.27. The van der Waals surface area contributed by atoms with Crippen LogP contribution in [0.15, 0.2) is 51.7 Å². The van der Waals surface area contributed by atoms with Gasteiger partial charge < -0.3 is 24.7 Å². The van der Waals surface area contributed by atoms with E-state index in [9.17, 15) is 18.4 Å². The number of aryl methyl sites for hydroxylation is 1. The van der Waals surface area contributed by atoms with Crippen LogP contribution in [-0.2, 0) is 16.1 Å². The molecule has 3 aliphatic heterocycles. The van der Waals surface area contributed by atoms with Gasteiger partial charge in [-0.2, -0.15) is 0 Å². The number of rotatable bonds is 9. The second kappa shape index (κ2) is 11.4. The Balaban J connectivity index is 1.36. The van der Waals surface area contributed by atoms with Crippen LogP contribution in [0.1, 0.15) is 70.9 Å². The largest absolute Gasteiger partial charge is 0.421 e. The van der Waals surface area contributed by atoms with Gasteiger partial charge in [0.25, 0.3) is 11.8 Å². The summed E-state index contributed by atoms with van der Waals surface area (Å²) in [6, 6.07) is 7.05. The van der Waals surface area contributed by atoms with E-state index in [1.165, 1.54) is 17.4 Å². The monoisotopic (exact) mass is 595 g/mol. The van der Waals surface area contributed by atoms with Gasteiger partial charge in [-0.15, -0.1) is 21.5 Å². The number of hydrogen-bond donors (Lipinski definition) is 2. The third kappa shape index (κ3) is 5.24. The maximum atomic E-state index is 13.8. The van der Waals surface area contributed by atoms with Gasteiger partial charge >= 0.3 is 0 Å². The van der Waals surface area contributed by atoms with E-state index in [1.54, 1.807) is 13.0 Å². The van der Waals surface area contributed by atoms with E-state index in [2.05, 4.69) is 20.8 Å². The Kier molecular flexibility index (Phi) is 7.67. The lowest BCUT2D eigenvalue weighted by atomic mass is 9.83. The van der Waals surface area contributed by atoms with Crippen LogP contribution < -0.4 is 10.6 Å². The summed E-state index contributed by atoms with van der Waals surface area (Å²) < 4.78 is 38.7. The summed E-state index contributed by atoms with van der Waals surface area (Å²) in [7, 11) is 0. The lowest BCUT2D eigenvalue weighted by Crippen LogP contribution is -2.32. The minimum Gasteiger partial charge on any atom is -0.421 e. The van der Waals surface area contributed by atoms with Gasteiger partial charge in [0.1, 0.15) is 0 Å². The fourth-order valence-corrected chi connectivity index (χ4v) is 6.87. The number of ether oxygens (including phenoxy) is 1. The van der Waals surface area contributed by atoms with Crippen molar-refractivity contribution in [2.24, 2.45) is 0 Å². The van der Waals surface area contributed by atoms with E-state index in [0.717, 1.165) is 41.2 Å². The zero-order valence-electron chi connectivity index (χ0n) is 23.5. The molecular weight excluding hydrogens is 564 g/mol. The molecule has 0 radical (unpaired) electrons. The molecule has 0 spiro atoms. The van der Waals surface area contributed by atoms with E-state index >= 15 is 0 Å². The molecule has 2 aromatic heterocycles. The number of allylic oxidation sites excluding steroid dienone is 1. The number of dihydropyridines is 1. The third-order valence-corrected chi connectivity index (χ3v) is 8.84. The molecule has 0 saturated carbocycles. The molecule has 3 aromatic rings. The van der Waals surface area contributed by atoms with Crippen LogP contribution in [0.3, 0.4) is 0 Å². The van der Waals surface area contributed by atoms with Crippen LogP contribution in [0.25, 0.3) is 5.57 Å². The Labute approximate surface area is 245 Å². The number of nitrogens with zero attached hydrogens (tertiary/aromatic N) is 3. The molecule has 2 atom stereocenters. The SMILES string of the molecule is Cc1nnc(C2=C(CCOC(C)C)NC3=C(C(=O)N4CCC[C@@H]34)C2c2ccc(C(=O)NCc3ccc(F)c(F)c3)s2)o1. The molecule has 1 unspecified atom stereocenters. The standard InChI is InChI=1S/C30H31F2N5O4S/c1-15(2)40-12-10-20-24(29-36-35-16(3)41-29)25(26-27(34-20)21-5-4-11-37(21)30(26)39)22-8-9-23(42-22)28(38)33-14-17-6-7-18(31)19(32)13-17/h6-9,13,15,21,25,34H,4-5,10-12,14H2,1-3H3,(H,33,38)/t21-,25?/m0/s1. The van der Waals surface area contributed by atoms with Crippen molar-refractivity contribution < 1.29 is 27.5 Å². The van der Waals surface area contributed by atoms with Gasteiger partial charge in [0.2, 0.25) is 11.8 Å². The minimum atomic E-state index is -0.970. The molecule has 2 N–H and O–H groups in total. The molecule has 0 aliphatic carbocycles. The van der Waals surface area contributed by atoms with Crippen LogP contribution in [0.4, 0.5) is 8.78 Å². The smallest absolute Gasteiger partial charge is 0.261 e. The number of amides is 2. The molecule has 9 nitrogen and oxygen atoms in total. The van der Waals surface area contributed by atoms with Crippen LogP contribution in [0.2, 0.25) is 0 Å². The molecule has 1 aromatic carbocycles. The van der Waals surface area contributed by atoms with Gasteiger partial charge in [-0.3, -0.25) is 9.59 Å². The molecule has 2 amide bonds. The lowest BCUT2D eigenvalue weighted by Gasteiger charge is -2.29. The zero-order chi connectivity index (χ0) is 29.5. The maximum Gasteiger partial charge on any atom is 0.261 e. The first-order chi connectivity index (χ1) is 20.2. The van der Waals surface area contributed by atoms with Crippen LogP contribution in [0, 0.1) is 18.6 Å². The summed E-state index contributed by atoms with van der Waals surface area (Å²) in [6.07, 6.45) is 2.40. The average Bonchev–Trinajstić information content (AvgIpc) is 3.75. The Morgan fingerprint density at radius 2 is 2.05 bits per heavy atom. The molecule has 6 rings (SSSR count). The first-order valence-electron chi connectivity index (χ1n) is 14.0. The van der Waals surface area contributed by atoms with E-state index < -0.39 is 17.6 Å². The maximum absolute atomic E-state index is 13.8. The number of fused-ring (bicyclic) bond motifs is 2. The molecule has 42 heavy (non-hydrogen) atoms. The highest BCUT2D eigenvalue weighted by Crippen LogP contribution is 2.50. The molecule has 1 fully saturated rings. The van der Waals surface area contributed by atoms with Gasteiger partial charge in [-0.1, -0.05) is 6.07 Å². The van der Waals surface area contributed by atoms with Crippen molar-refractivity contribution in [3.8, 4) is 0 Å². The molecule has 1 saturated heterocycles. The predicted octanol–water partition coefficient (Wildman–Crippen LogP) is 4.82. The van der Waals surface area contributed by atoms with Crippen molar-refractivity contribution in [1.82, 2.24) is 25.7 Å². The topological polar surface area (TPSA) is 110 Å². The number of carbonyl (C=O) groups is 2. The number of thiophene rings is 1. The fraction of sp³-hybridized carbons (Fsp3) is 0.400. The van der Waals surface area contributed by atoms with Gasteiger partial charge in [-0.05, 0) is 56.5 Å². The highest BCUT2D eigenvalue weighted by molar-refractivity contribution is 7.14. The van der Waals surface area contributed by atoms with Gasteiger partial charge in [0, 0.05) is 48.3 Å². The van der Waals surface area contributed by atoms with E-state index in [-0.39, 0.29) is 30.5 Å². The Bertz CT molecular complexity index is 1610. The molecule has 220 valence electrons. The van der Waals surface area contributed by atoms with Gasteiger partial charge in [0.05, 0.1) is 35.1 Å². The zero-order valence-corrected chi connectivity index (χ0v) is 24.3. The first-order valence-corrected chi connectivity index (χ1v) is 14.8. The highest BCUT2D eigenvalue weighted by atomic mass is 32.1. The predicted molar refractivity (Wildman–Crippen MR) is 151 cm³/mol. The average molecular weight is 596 g/mol. The third-order valence-electron chi connectivity index (χ3n) is 7.69. The number of hydrogen-bond acceptors (Lipinski definition) is 8. The highest BCUT2D eigenvalue weighted by Gasteiger charge is 2.49. The number of halogens is 2. The summed E-state index contributed by atoms with van der Waals surface area (Å²) in [5.41, 5.74) is 3.51. The van der Waals surface area contributed by atoms with Crippen LogP contribution in [-0.4, -0.2) is 52.2 Å². The normalized spacial score (nSPS) is 20.0. The molecule has 3 aliphatic rings. The second-order valence-corrected chi connectivity index (χ2v) is 12.0. The Hall–Kier alpha value is -3.90. The molecule has 12 heteroatoms. The summed E-state index contributed by atoms with van der Waals surface area (Å²) in [6.45, 7) is 6.85. The van der Waals surface area contributed by atoms with Crippen molar-refractivity contribution in [2.75, 3.05) is 13.2 Å². The molecule has 0 bridgehead atoms. The molecular formula is C30H31F2N5O4S. The Morgan fingerprint density at radius 1 is 1.21 bits per heavy atom. The van der Waals surface area contributed by atoms with Crippen LogP contribution in [0.5, 0.6) is 0 Å². The van der Waals surface area contributed by atoms with Crippen molar-refractivity contribution in [2.45, 2.75) is 64.6 Å². The number of benzene rings is 1. The summed E-state index contributed by atoms with van der Waals surface area (Å²) in [4.78, 5) is 30.1. The summed E-state index contributed by atoms with van der Waals surface area (Å²) in [5, 5.41) is 14.7. The van der Waals surface area contributed by atoms with Crippen LogP contribution >= 0.6 is 11.3 Å². The fourth-order valence-electron chi connectivity index (χ4n) is 5.82. The van der Waals surface area contributed by atoms with Crippen molar-refractivity contribution in [3.63, 3.8) is 0 Å². The van der Waals surface area contributed by atoms with Gasteiger partial charge in [0.15, 0.2) is 11.6 Å². The Morgan fingerprint density at radius 3 is 2.79 bits per heavy atom. The van der Waals surface area contributed by atoms with E-state index in [1.807, 2.05) is 24.8 Å². The van der Waals surface area contributed by atoms with E-state index in [0.29, 0.717) is 52.9 Å². The quantitative estimate of drug-likeness (QED) is 0.365. The van der Waals surface area contributed by atoms with Crippen molar-refractivity contribution >= 4 is 28.7 Å². The van der Waals surface area contributed by atoms with Crippen molar-refractivity contribution in [3.05, 3.63) is 86.0 Å². The number of nitrogens with one attached hydrogen (secondary N) is 2. The number of aromatic nitrogens is 2. The first kappa shape index (κ1) is 28.2. The summed E-state index contributed by atoms with van der Waals surface area (Å²) in [5.74, 6) is -2.12. The number of carbonyl (C=O) groups excluding carboxylic acids is 2. The minimum absolute atomic E-state index is 0.0270. The second-order valence-electron chi connectivity index (χ2n) is 10.9. The van der Waals surface area contributed by atoms with E-state index in [4.69, 9.17) is 9.15 Å². The lowest BCUT2D eigenvalue weighted by molar-refractivity contribution is -0.126.